The fraction of sp³-hybridized carbons (Fsp3) is 0. The highest BCUT2D eigenvalue weighted by Gasteiger charge is 2.06. The van der Waals surface area contributed by atoms with Gasteiger partial charge in [-0.05, 0) is 12.1 Å². The molecule has 0 aliphatic carbocycles. The topological polar surface area (TPSA) is 34.4 Å². The van der Waals surface area contributed by atoms with Crippen molar-refractivity contribution in [3.8, 4) is 0 Å². The molecule has 0 bridgehead atoms. The van der Waals surface area contributed by atoms with Crippen molar-refractivity contribution < 1.29 is 4.79 Å². The average molecular weight is 202 g/mol. The first kappa shape index (κ1) is 7.70. The largest absolute Gasteiger partial charge is 0.296 e. The van der Waals surface area contributed by atoms with Gasteiger partial charge in [0, 0.05) is 6.20 Å². The van der Waals surface area contributed by atoms with E-state index in [-0.39, 0.29) is 0 Å². The highest BCUT2D eigenvalue weighted by atomic mass is 32.1. The first-order valence-corrected chi connectivity index (χ1v) is 5.02. The lowest BCUT2D eigenvalue weighted by molar-refractivity contribution is 0.111. The molecule has 1 aromatic carbocycles. The van der Waals surface area contributed by atoms with Gasteiger partial charge in [-0.3, -0.25) is 9.20 Å². The summed E-state index contributed by atoms with van der Waals surface area (Å²) >= 11 is 1.59. The van der Waals surface area contributed by atoms with Gasteiger partial charge >= 0.3 is 0 Å². The second-order valence-corrected chi connectivity index (χ2v) is 4.02. The van der Waals surface area contributed by atoms with E-state index in [9.17, 15) is 4.79 Å². The number of carbonyl (C=O) groups excluding carboxylic acids is 1. The van der Waals surface area contributed by atoms with Gasteiger partial charge in [0.05, 0.1) is 10.2 Å². The number of aromatic nitrogens is 2. The molecule has 2 aromatic heterocycles. The Kier molecular flexibility index (Phi) is 1.46. The molecule has 4 heteroatoms. The third-order valence-electron chi connectivity index (χ3n) is 2.14. The molecule has 3 rings (SSSR count). The quantitative estimate of drug-likeness (QED) is 0.568. The van der Waals surface area contributed by atoms with Crippen LogP contribution in [0.1, 0.15) is 10.5 Å². The average Bonchev–Trinajstić information content (AvgIpc) is 2.73. The molecular formula is C10H6N2OS. The van der Waals surface area contributed by atoms with Crippen LogP contribution in [0, 0.1) is 0 Å². The number of thiazole rings is 1. The smallest absolute Gasteiger partial charge is 0.195 e. The van der Waals surface area contributed by atoms with Gasteiger partial charge in [-0.25, -0.2) is 4.98 Å². The van der Waals surface area contributed by atoms with Gasteiger partial charge in [-0.15, -0.1) is 0 Å². The minimum atomic E-state index is 0.488. The summed E-state index contributed by atoms with van der Waals surface area (Å²) in [7, 11) is 0. The van der Waals surface area contributed by atoms with Gasteiger partial charge in [0.15, 0.2) is 11.2 Å². The highest BCUT2D eigenvalue weighted by molar-refractivity contribution is 7.23. The van der Waals surface area contributed by atoms with Crippen LogP contribution in [0.4, 0.5) is 0 Å². The van der Waals surface area contributed by atoms with Crippen LogP contribution in [0.2, 0.25) is 0 Å². The van der Waals surface area contributed by atoms with Crippen LogP contribution in [-0.4, -0.2) is 15.7 Å². The summed E-state index contributed by atoms with van der Waals surface area (Å²) in [5.74, 6) is 0. The lowest BCUT2D eigenvalue weighted by Crippen LogP contribution is -1.76. The van der Waals surface area contributed by atoms with Crippen molar-refractivity contribution in [2.24, 2.45) is 0 Å². The molecule has 0 unspecified atom stereocenters. The molecule has 0 spiro atoms. The Bertz CT molecular complexity index is 623. The maximum Gasteiger partial charge on any atom is 0.195 e. The Morgan fingerprint density at radius 1 is 1.36 bits per heavy atom. The third-order valence-corrected chi connectivity index (χ3v) is 3.17. The molecule has 0 saturated heterocycles. The summed E-state index contributed by atoms with van der Waals surface area (Å²) in [6.45, 7) is 0. The molecule has 0 aliphatic rings. The normalized spacial score (nSPS) is 11.1. The molecule has 0 N–H and O–H groups in total. The van der Waals surface area contributed by atoms with Crippen molar-refractivity contribution in [3.05, 3.63) is 36.2 Å². The molecule has 0 radical (unpaired) electrons. The number of fused-ring (bicyclic) bond motifs is 3. The molecular weight excluding hydrogens is 196 g/mol. The van der Waals surface area contributed by atoms with E-state index in [4.69, 9.17) is 0 Å². The number of benzene rings is 1. The third kappa shape index (κ3) is 0.914. The van der Waals surface area contributed by atoms with Crippen molar-refractivity contribution in [1.82, 2.24) is 9.38 Å². The molecule has 68 valence electrons. The van der Waals surface area contributed by atoms with Crippen LogP contribution >= 0.6 is 11.3 Å². The van der Waals surface area contributed by atoms with E-state index in [0.717, 1.165) is 16.8 Å². The van der Waals surface area contributed by atoms with Gasteiger partial charge in [0.1, 0.15) is 5.69 Å². The lowest BCUT2D eigenvalue weighted by Gasteiger charge is -1.87. The maximum atomic E-state index is 10.5. The molecule has 2 heterocycles. The summed E-state index contributed by atoms with van der Waals surface area (Å²) in [6, 6.07) is 8.05. The standard InChI is InChI=1S/C10H6N2OS/c13-6-7-5-12-8-3-1-2-4-9(8)14-10(12)11-7/h1-6H. The number of carbonyl (C=O) groups is 1. The van der Waals surface area contributed by atoms with Crippen LogP contribution in [0.15, 0.2) is 30.5 Å². The van der Waals surface area contributed by atoms with Gasteiger partial charge in [-0.1, -0.05) is 23.5 Å². The van der Waals surface area contributed by atoms with Crippen LogP contribution in [0.3, 0.4) is 0 Å². The van der Waals surface area contributed by atoms with Crippen molar-refractivity contribution in [2.45, 2.75) is 0 Å². The number of aldehydes is 1. The first-order valence-electron chi connectivity index (χ1n) is 4.20. The zero-order valence-electron chi connectivity index (χ0n) is 7.18. The highest BCUT2D eigenvalue weighted by Crippen LogP contribution is 2.25. The molecule has 0 aliphatic heterocycles. The summed E-state index contributed by atoms with van der Waals surface area (Å²) in [4.78, 5) is 15.6. The van der Waals surface area contributed by atoms with E-state index >= 15 is 0 Å². The van der Waals surface area contributed by atoms with Crippen LogP contribution in [0.5, 0.6) is 0 Å². The Balaban J connectivity index is 2.50. The van der Waals surface area contributed by atoms with Crippen molar-refractivity contribution >= 4 is 32.8 Å². The van der Waals surface area contributed by atoms with Crippen LogP contribution < -0.4 is 0 Å². The number of rotatable bonds is 1. The number of para-hydroxylation sites is 1. The molecule has 0 fully saturated rings. The molecule has 3 aromatic rings. The maximum absolute atomic E-state index is 10.5. The minimum Gasteiger partial charge on any atom is -0.296 e. The van der Waals surface area contributed by atoms with E-state index < -0.39 is 0 Å². The molecule has 14 heavy (non-hydrogen) atoms. The van der Waals surface area contributed by atoms with Crippen LogP contribution in [-0.2, 0) is 0 Å². The summed E-state index contributed by atoms with van der Waals surface area (Å²) < 4.78 is 3.14. The minimum absolute atomic E-state index is 0.488. The van der Waals surface area contributed by atoms with Crippen molar-refractivity contribution in [3.63, 3.8) is 0 Å². The lowest BCUT2D eigenvalue weighted by atomic mass is 10.3. The number of hydrogen-bond donors (Lipinski definition) is 0. The molecule has 3 nitrogen and oxygen atoms in total. The Hall–Kier alpha value is -1.68. The zero-order chi connectivity index (χ0) is 9.54. The van der Waals surface area contributed by atoms with Gasteiger partial charge in [0.2, 0.25) is 0 Å². The number of imidazole rings is 1. The van der Waals surface area contributed by atoms with Gasteiger partial charge in [0.25, 0.3) is 0 Å². The van der Waals surface area contributed by atoms with E-state index in [1.165, 1.54) is 4.70 Å². The van der Waals surface area contributed by atoms with Crippen molar-refractivity contribution in [2.75, 3.05) is 0 Å². The van der Waals surface area contributed by atoms with Crippen LogP contribution in [0.25, 0.3) is 15.2 Å². The van der Waals surface area contributed by atoms with Crippen molar-refractivity contribution in [1.29, 1.82) is 0 Å². The fourth-order valence-electron chi connectivity index (χ4n) is 1.52. The predicted molar refractivity (Wildman–Crippen MR) is 56.0 cm³/mol. The zero-order valence-corrected chi connectivity index (χ0v) is 7.99. The van der Waals surface area contributed by atoms with E-state index in [1.54, 1.807) is 17.5 Å². The Morgan fingerprint density at radius 2 is 2.21 bits per heavy atom. The summed E-state index contributed by atoms with van der Waals surface area (Å²) in [5.41, 5.74) is 1.59. The SMILES string of the molecule is O=Cc1cn2c(n1)sc1ccccc12. The second-order valence-electron chi connectivity index (χ2n) is 3.01. The van der Waals surface area contributed by atoms with E-state index in [1.807, 2.05) is 22.6 Å². The Labute approximate surface area is 83.6 Å². The summed E-state index contributed by atoms with van der Waals surface area (Å²) in [5, 5.41) is 0. The van der Waals surface area contributed by atoms with E-state index in [2.05, 4.69) is 11.1 Å². The molecule has 0 atom stereocenters. The van der Waals surface area contributed by atoms with Gasteiger partial charge < -0.3 is 0 Å². The number of nitrogens with zero attached hydrogens (tertiary/aromatic N) is 2. The van der Waals surface area contributed by atoms with E-state index in [0.29, 0.717) is 5.69 Å². The predicted octanol–water partition coefficient (Wildman–Crippen LogP) is 2.36. The fourth-order valence-corrected chi connectivity index (χ4v) is 2.54. The molecule has 0 amide bonds. The number of hydrogen-bond acceptors (Lipinski definition) is 3. The second kappa shape index (κ2) is 2.65. The Morgan fingerprint density at radius 3 is 3.07 bits per heavy atom. The molecule has 0 saturated carbocycles. The van der Waals surface area contributed by atoms with Gasteiger partial charge in [-0.2, -0.15) is 0 Å². The first-order chi connectivity index (χ1) is 6.88. The summed E-state index contributed by atoms with van der Waals surface area (Å²) in [6.07, 6.45) is 2.54. The monoisotopic (exact) mass is 202 g/mol.